The molecule has 1 saturated heterocycles. The number of hydrogen-bond acceptors (Lipinski definition) is 4. The number of nitrogens with zero attached hydrogens (tertiary/aromatic N) is 1. The van der Waals surface area contributed by atoms with Crippen molar-refractivity contribution < 1.29 is 13.2 Å². The monoisotopic (exact) mass is 305 g/mol. The minimum absolute atomic E-state index is 0.126. The Kier molecular flexibility index (Phi) is 3.95. The molecule has 0 radical (unpaired) electrons. The summed E-state index contributed by atoms with van der Waals surface area (Å²) >= 11 is 4.43. The first kappa shape index (κ1) is 15.2. The van der Waals surface area contributed by atoms with E-state index in [1.54, 1.807) is 0 Å². The van der Waals surface area contributed by atoms with Crippen LogP contribution in [0.3, 0.4) is 0 Å². The molecule has 1 heterocycles. The third-order valence-electron chi connectivity index (χ3n) is 4.66. The lowest BCUT2D eigenvalue weighted by Gasteiger charge is -2.47. The fraction of sp³-hybridized carbons (Fsp3) is 0.923. The van der Waals surface area contributed by atoms with E-state index >= 15 is 0 Å². The van der Waals surface area contributed by atoms with Crippen molar-refractivity contribution in [2.75, 3.05) is 12.3 Å². The van der Waals surface area contributed by atoms with Gasteiger partial charge in [-0.3, -0.25) is 4.79 Å². The Morgan fingerprint density at radius 2 is 1.68 bits per heavy atom. The van der Waals surface area contributed by atoms with Crippen LogP contribution in [-0.2, 0) is 14.8 Å². The third-order valence-corrected chi connectivity index (χ3v) is 7.67. The van der Waals surface area contributed by atoms with E-state index < -0.39 is 14.8 Å². The number of thiol groups is 1. The molecule has 0 atom stereocenters. The number of sulfonamides is 1. The lowest BCUT2D eigenvalue weighted by atomic mass is 9.82. The van der Waals surface area contributed by atoms with Crippen LogP contribution in [-0.4, -0.2) is 35.7 Å². The fourth-order valence-electron chi connectivity index (χ4n) is 3.06. The number of rotatable bonds is 3. The summed E-state index contributed by atoms with van der Waals surface area (Å²) in [6.07, 6.45) is 6.54. The zero-order valence-corrected chi connectivity index (χ0v) is 13.4. The standard InChI is InChI=1S/C13H23NO3S2/c1-12(2)11(15)14(19(12,16)17)9-13(10-18)7-5-3-4-6-8-13/h18H,3-10H2,1-2H3. The van der Waals surface area contributed by atoms with Crippen LogP contribution in [0, 0.1) is 5.41 Å². The highest BCUT2D eigenvalue weighted by Crippen LogP contribution is 2.42. The number of carbonyl (C=O) groups excluding carboxylic acids is 1. The third kappa shape index (κ3) is 2.31. The van der Waals surface area contributed by atoms with Gasteiger partial charge in [-0.05, 0) is 37.9 Å². The van der Waals surface area contributed by atoms with Gasteiger partial charge in [-0.2, -0.15) is 12.6 Å². The first-order valence-electron chi connectivity index (χ1n) is 6.94. The zero-order chi connectivity index (χ0) is 14.3. The summed E-state index contributed by atoms with van der Waals surface area (Å²) in [7, 11) is -3.46. The molecule has 2 aliphatic rings. The van der Waals surface area contributed by atoms with Crippen LogP contribution in [0.25, 0.3) is 0 Å². The van der Waals surface area contributed by atoms with Gasteiger partial charge in [0.15, 0.2) is 4.75 Å². The van der Waals surface area contributed by atoms with Gasteiger partial charge in [-0.15, -0.1) is 0 Å². The van der Waals surface area contributed by atoms with Crippen LogP contribution in [0.1, 0.15) is 52.4 Å². The van der Waals surface area contributed by atoms with Crippen molar-refractivity contribution in [1.29, 1.82) is 0 Å². The van der Waals surface area contributed by atoms with E-state index in [2.05, 4.69) is 12.6 Å². The van der Waals surface area contributed by atoms with Gasteiger partial charge < -0.3 is 0 Å². The van der Waals surface area contributed by atoms with Crippen molar-refractivity contribution in [1.82, 2.24) is 4.31 Å². The predicted molar refractivity (Wildman–Crippen MR) is 78.7 cm³/mol. The van der Waals surface area contributed by atoms with Gasteiger partial charge >= 0.3 is 0 Å². The summed E-state index contributed by atoms with van der Waals surface area (Å²) in [5.41, 5.74) is -0.126. The highest BCUT2D eigenvalue weighted by Gasteiger charge is 2.61. The van der Waals surface area contributed by atoms with Gasteiger partial charge in [0.2, 0.25) is 0 Å². The molecule has 4 nitrogen and oxygen atoms in total. The van der Waals surface area contributed by atoms with E-state index in [4.69, 9.17) is 0 Å². The fourth-order valence-corrected chi connectivity index (χ4v) is 5.12. The van der Waals surface area contributed by atoms with Gasteiger partial charge in [0.25, 0.3) is 15.9 Å². The van der Waals surface area contributed by atoms with E-state index in [-0.39, 0.29) is 11.3 Å². The van der Waals surface area contributed by atoms with Crippen molar-refractivity contribution in [3.63, 3.8) is 0 Å². The smallest absolute Gasteiger partial charge is 0.258 e. The van der Waals surface area contributed by atoms with Crippen molar-refractivity contribution in [2.24, 2.45) is 5.41 Å². The maximum Gasteiger partial charge on any atom is 0.258 e. The van der Waals surface area contributed by atoms with Crippen LogP contribution in [0.2, 0.25) is 0 Å². The molecule has 1 aliphatic carbocycles. The molecule has 1 saturated carbocycles. The van der Waals surface area contributed by atoms with Crippen molar-refractivity contribution in [3.8, 4) is 0 Å². The van der Waals surface area contributed by atoms with Gasteiger partial charge in [0.05, 0.1) is 0 Å². The molecule has 2 rings (SSSR count). The normalized spacial score (nSPS) is 28.6. The molecule has 0 unspecified atom stereocenters. The number of hydrogen-bond donors (Lipinski definition) is 1. The molecule has 2 fully saturated rings. The zero-order valence-electron chi connectivity index (χ0n) is 11.7. The number of amides is 1. The summed E-state index contributed by atoms with van der Waals surface area (Å²) in [6, 6.07) is 0. The molecule has 19 heavy (non-hydrogen) atoms. The molecular weight excluding hydrogens is 282 g/mol. The second-order valence-corrected chi connectivity index (χ2v) is 9.13. The Hall–Kier alpha value is -0.230. The van der Waals surface area contributed by atoms with E-state index in [0.717, 1.165) is 30.0 Å². The highest BCUT2D eigenvalue weighted by atomic mass is 32.2. The Balaban J connectivity index is 2.18. The van der Waals surface area contributed by atoms with E-state index in [1.165, 1.54) is 26.7 Å². The average Bonchev–Trinajstić information content (AvgIpc) is 2.61. The van der Waals surface area contributed by atoms with Crippen LogP contribution < -0.4 is 0 Å². The van der Waals surface area contributed by atoms with Crippen molar-refractivity contribution in [3.05, 3.63) is 0 Å². The quantitative estimate of drug-likeness (QED) is 0.642. The van der Waals surface area contributed by atoms with Crippen molar-refractivity contribution in [2.45, 2.75) is 57.1 Å². The SMILES string of the molecule is CC1(C)C(=O)N(CC2(CS)CCCCCC2)S1(=O)=O. The molecular formula is C13H23NO3S2. The minimum Gasteiger partial charge on any atom is -0.272 e. The largest absolute Gasteiger partial charge is 0.272 e. The van der Waals surface area contributed by atoms with Crippen LogP contribution in [0.5, 0.6) is 0 Å². The molecule has 0 aromatic rings. The Labute approximate surface area is 121 Å². The molecule has 0 bridgehead atoms. The molecule has 1 amide bonds. The number of carbonyl (C=O) groups is 1. The Morgan fingerprint density at radius 3 is 2.11 bits per heavy atom. The van der Waals surface area contributed by atoms with Crippen molar-refractivity contribution >= 4 is 28.6 Å². The maximum atomic E-state index is 12.2. The average molecular weight is 305 g/mol. The van der Waals surface area contributed by atoms with E-state index in [1.807, 2.05) is 0 Å². The van der Waals surface area contributed by atoms with Gasteiger partial charge in [-0.1, -0.05) is 25.7 Å². The van der Waals surface area contributed by atoms with Crippen LogP contribution in [0.15, 0.2) is 0 Å². The summed E-state index contributed by atoms with van der Waals surface area (Å²) in [5.74, 6) is 0.380. The predicted octanol–water partition coefficient (Wildman–Crippen LogP) is 2.21. The molecule has 1 aliphatic heterocycles. The lowest BCUT2D eigenvalue weighted by Crippen LogP contribution is -2.69. The summed E-state index contributed by atoms with van der Waals surface area (Å²) < 4.78 is 24.2. The van der Waals surface area contributed by atoms with Gasteiger partial charge in [0, 0.05) is 6.54 Å². The molecule has 0 N–H and O–H groups in total. The van der Waals surface area contributed by atoms with Gasteiger partial charge in [-0.25, -0.2) is 12.7 Å². The lowest BCUT2D eigenvalue weighted by molar-refractivity contribution is -0.133. The first-order chi connectivity index (χ1) is 8.77. The van der Waals surface area contributed by atoms with Gasteiger partial charge in [0.1, 0.15) is 0 Å². The Bertz CT molecular complexity index is 462. The molecule has 0 aromatic heterocycles. The first-order valence-corrected chi connectivity index (χ1v) is 9.02. The highest BCUT2D eigenvalue weighted by molar-refractivity contribution is 7.94. The van der Waals surface area contributed by atoms with Crippen LogP contribution in [0.4, 0.5) is 0 Å². The van der Waals surface area contributed by atoms with E-state index in [0.29, 0.717) is 12.3 Å². The van der Waals surface area contributed by atoms with E-state index in [9.17, 15) is 13.2 Å². The second kappa shape index (κ2) is 4.95. The summed E-state index contributed by atoms with van der Waals surface area (Å²) in [4.78, 5) is 12.0. The topological polar surface area (TPSA) is 54.5 Å². The Morgan fingerprint density at radius 1 is 1.16 bits per heavy atom. The summed E-state index contributed by atoms with van der Waals surface area (Å²) in [5, 5.41) is 0. The second-order valence-electron chi connectivity index (χ2n) is 6.40. The van der Waals surface area contributed by atoms with Crippen LogP contribution >= 0.6 is 12.6 Å². The molecule has 6 heteroatoms. The maximum absolute atomic E-state index is 12.2. The molecule has 110 valence electrons. The summed E-state index contributed by atoms with van der Waals surface area (Å²) in [6.45, 7) is 3.30. The molecule has 0 spiro atoms. The minimum atomic E-state index is -3.46. The molecule has 0 aromatic carbocycles.